The monoisotopic (exact) mass is 359 g/mol. The van der Waals surface area contributed by atoms with Crippen LogP contribution in [0.1, 0.15) is 10.4 Å². The molecule has 0 fully saturated rings. The number of nitrogens with one attached hydrogen (secondary N) is 1. The molecule has 2 aromatic rings. The molecule has 1 heterocycles. The predicted molar refractivity (Wildman–Crippen MR) is 105 cm³/mol. The van der Waals surface area contributed by atoms with Crippen LogP contribution in [-0.2, 0) is 0 Å². The van der Waals surface area contributed by atoms with Crippen LogP contribution < -0.4 is 16.2 Å². The molecule has 0 aliphatic carbocycles. The van der Waals surface area contributed by atoms with Gasteiger partial charge in [0.15, 0.2) is 8.24 Å². The van der Waals surface area contributed by atoms with Crippen molar-refractivity contribution in [1.82, 2.24) is 9.22 Å². The molecule has 5 nitrogen and oxygen atoms in total. The Morgan fingerprint density at radius 3 is 2.12 bits per heavy atom. The van der Waals surface area contributed by atoms with E-state index in [2.05, 4.69) is 49.6 Å². The van der Waals surface area contributed by atoms with Crippen LogP contribution in [0.4, 0.5) is 5.82 Å². The number of rotatable bonds is 4. The molecule has 1 aromatic heterocycles. The maximum atomic E-state index is 12.5. The first-order valence-corrected chi connectivity index (χ1v) is 15.0. The van der Waals surface area contributed by atoms with Gasteiger partial charge in [-0.15, -0.1) is 0 Å². The van der Waals surface area contributed by atoms with Gasteiger partial charge in [0.25, 0.3) is 5.91 Å². The minimum absolute atomic E-state index is 0.243. The van der Waals surface area contributed by atoms with Crippen molar-refractivity contribution in [3.8, 4) is 0 Å². The van der Waals surface area contributed by atoms with Crippen molar-refractivity contribution < 1.29 is 4.79 Å². The van der Waals surface area contributed by atoms with E-state index in [0.29, 0.717) is 11.4 Å². The Kier molecular flexibility index (Phi) is 4.96. The molecule has 2 rings (SSSR count). The Bertz CT molecular complexity index is 803. The van der Waals surface area contributed by atoms with Crippen LogP contribution >= 0.6 is 0 Å². The maximum absolute atomic E-state index is 12.5. The minimum atomic E-state index is -1.86. The van der Waals surface area contributed by atoms with E-state index >= 15 is 0 Å². The summed E-state index contributed by atoms with van der Waals surface area (Å²) >= 11 is 0. The first-order valence-electron chi connectivity index (χ1n) is 8.01. The lowest BCUT2D eigenvalue weighted by Gasteiger charge is -2.26. The smallest absolute Gasteiger partial charge is 0.328 e. The molecule has 0 atom stereocenters. The highest BCUT2D eigenvalue weighted by atomic mass is 28.3. The van der Waals surface area contributed by atoms with Crippen molar-refractivity contribution in [1.29, 1.82) is 0 Å². The molecule has 128 valence electrons. The molecule has 0 saturated heterocycles. The van der Waals surface area contributed by atoms with Gasteiger partial charge in [0, 0.05) is 11.8 Å². The average Bonchev–Trinajstić information content (AvgIpc) is 2.45. The van der Waals surface area contributed by atoms with Crippen LogP contribution in [0.2, 0.25) is 39.3 Å². The van der Waals surface area contributed by atoms with Crippen molar-refractivity contribution in [2.24, 2.45) is 0 Å². The van der Waals surface area contributed by atoms with Crippen LogP contribution in [0.15, 0.2) is 41.3 Å². The lowest BCUT2D eigenvalue weighted by molar-refractivity contribution is 0.102. The van der Waals surface area contributed by atoms with Crippen molar-refractivity contribution in [3.05, 3.63) is 52.6 Å². The number of nitrogens with zero attached hydrogens (tertiary/aromatic N) is 2. The van der Waals surface area contributed by atoms with Crippen molar-refractivity contribution in [3.63, 3.8) is 0 Å². The average molecular weight is 360 g/mol. The number of hydrogen-bond acceptors (Lipinski definition) is 3. The number of hydrogen-bond donors (Lipinski definition) is 1. The number of carbonyl (C=O) groups is 1. The SMILES string of the molecule is C[Si](C)(C)c1cn([Si](C)(C)C)c(=O)nc1NC(=O)c1ccccc1. The summed E-state index contributed by atoms with van der Waals surface area (Å²) in [4.78, 5) is 29.1. The third-order valence-electron chi connectivity index (χ3n) is 3.73. The maximum Gasteiger partial charge on any atom is 0.341 e. The lowest BCUT2D eigenvalue weighted by Crippen LogP contribution is -2.50. The Hall–Kier alpha value is -2.00. The first-order chi connectivity index (χ1) is 11.0. The zero-order valence-corrected chi connectivity index (χ0v) is 17.2. The second kappa shape index (κ2) is 6.48. The second-order valence-electron chi connectivity index (χ2n) is 7.90. The normalized spacial score (nSPS) is 12.1. The molecular formula is C17H25N3O2Si2. The number of benzene rings is 1. The van der Waals surface area contributed by atoms with Crippen LogP contribution in [0, 0.1) is 0 Å². The first kappa shape index (κ1) is 18.3. The summed E-state index contributed by atoms with van der Waals surface area (Å²) in [6.07, 6.45) is 1.92. The van der Waals surface area contributed by atoms with Crippen LogP contribution in [0.3, 0.4) is 0 Å². The van der Waals surface area contributed by atoms with E-state index in [1.807, 2.05) is 24.4 Å². The second-order valence-corrected chi connectivity index (χ2v) is 17.8. The van der Waals surface area contributed by atoms with Crippen molar-refractivity contribution in [2.75, 3.05) is 5.32 Å². The Labute approximate surface area is 144 Å². The van der Waals surface area contributed by atoms with Crippen LogP contribution in [0.5, 0.6) is 0 Å². The van der Waals surface area contributed by atoms with Crippen molar-refractivity contribution >= 4 is 33.2 Å². The third kappa shape index (κ3) is 4.09. The predicted octanol–water partition coefficient (Wildman–Crippen LogP) is 2.72. The highest BCUT2D eigenvalue weighted by Crippen LogP contribution is 2.12. The van der Waals surface area contributed by atoms with Gasteiger partial charge in [-0.2, -0.15) is 4.98 Å². The number of aromatic nitrogens is 2. The molecule has 0 spiro atoms. The summed E-state index contributed by atoms with van der Waals surface area (Å²) < 4.78 is 1.78. The van der Waals surface area contributed by atoms with Gasteiger partial charge in [0.1, 0.15) is 5.82 Å². The molecule has 7 heteroatoms. The molecule has 24 heavy (non-hydrogen) atoms. The highest BCUT2D eigenvalue weighted by molar-refractivity contribution is 6.89. The summed E-state index contributed by atoms with van der Waals surface area (Å²) in [6, 6.07) is 8.97. The fourth-order valence-electron chi connectivity index (χ4n) is 2.35. The van der Waals surface area contributed by atoms with Crippen LogP contribution in [-0.4, -0.2) is 31.4 Å². The van der Waals surface area contributed by atoms with E-state index in [9.17, 15) is 9.59 Å². The van der Waals surface area contributed by atoms with E-state index in [-0.39, 0.29) is 11.6 Å². The van der Waals surface area contributed by atoms with Gasteiger partial charge >= 0.3 is 5.69 Å². The molecule has 0 unspecified atom stereocenters. The molecule has 1 amide bonds. The lowest BCUT2D eigenvalue weighted by atomic mass is 10.2. The minimum Gasteiger partial charge on any atom is -0.328 e. The standard InChI is InChI=1S/C17H25N3O2Si2/c1-23(2,3)14-12-20(24(4,5)6)17(22)19-15(14)18-16(21)13-10-8-7-9-11-13/h7-12H,1-6H3,(H,18,19,21,22). The fraction of sp³-hybridized carbons (Fsp3) is 0.353. The molecule has 0 radical (unpaired) electrons. The van der Waals surface area contributed by atoms with Gasteiger partial charge in [0.05, 0.1) is 8.07 Å². The van der Waals surface area contributed by atoms with E-state index < -0.39 is 16.3 Å². The van der Waals surface area contributed by atoms with Gasteiger partial charge in [-0.05, 0) is 17.3 Å². The summed E-state index contributed by atoms with van der Waals surface area (Å²) in [7, 11) is -3.66. The van der Waals surface area contributed by atoms with E-state index in [4.69, 9.17) is 0 Å². The Morgan fingerprint density at radius 2 is 1.62 bits per heavy atom. The summed E-state index contributed by atoms with van der Waals surface area (Å²) in [5.41, 5.74) is 0.259. The molecule has 0 aliphatic rings. The van der Waals surface area contributed by atoms with Gasteiger partial charge in [-0.25, -0.2) is 4.79 Å². The quantitative estimate of drug-likeness (QED) is 0.854. The number of anilines is 1. The summed E-state index contributed by atoms with van der Waals surface area (Å²) in [5, 5.41) is 3.83. The zero-order chi connectivity index (χ0) is 18.1. The Morgan fingerprint density at radius 1 is 1.04 bits per heavy atom. The zero-order valence-electron chi connectivity index (χ0n) is 15.2. The number of amides is 1. The largest absolute Gasteiger partial charge is 0.341 e. The fourth-order valence-corrected chi connectivity index (χ4v) is 4.96. The molecule has 1 aromatic carbocycles. The molecular weight excluding hydrogens is 334 g/mol. The van der Waals surface area contributed by atoms with Gasteiger partial charge < -0.3 is 9.55 Å². The van der Waals surface area contributed by atoms with E-state index in [0.717, 1.165) is 5.19 Å². The topological polar surface area (TPSA) is 64.0 Å². The third-order valence-corrected chi connectivity index (χ3v) is 7.47. The molecule has 1 N–H and O–H groups in total. The van der Waals surface area contributed by atoms with Gasteiger partial charge in [0.2, 0.25) is 0 Å². The van der Waals surface area contributed by atoms with Crippen LogP contribution in [0.25, 0.3) is 0 Å². The molecule has 0 aliphatic heterocycles. The van der Waals surface area contributed by atoms with Gasteiger partial charge in [-0.1, -0.05) is 57.5 Å². The summed E-state index contributed by atoms with van der Waals surface area (Å²) in [5.74, 6) is 0.162. The highest BCUT2D eigenvalue weighted by Gasteiger charge is 2.27. The molecule has 0 bridgehead atoms. The van der Waals surface area contributed by atoms with E-state index in [1.54, 1.807) is 16.4 Å². The molecule has 0 saturated carbocycles. The van der Waals surface area contributed by atoms with E-state index in [1.165, 1.54) is 0 Å². The summed E-state index contributed by atoms with van der Waals surface area (Å²) in [6.45, 7) is 12.9. The van der Waals surface area contributed by atoms with Crippen molar-refractivity contribution in [2.45, 2.75) is 39.3 Å². The van der Waals surface area contributed by atoms with Gasteiger partial charge in [-0.3, -0.25) is 4.79 Å². The number of carbonyl (C=O) groups excluding carboxylic acids is 1. The Balaban J connectivity index is 2.52.